The zero-order valence-corrected chi connectivity index (χ0v) is 14.3. The van der Waals surface area contributed by atoms with Crippen LogP contribution in [0.1, 0.15) is 23.6 Å². The van der Waals surface area contributed by atoms with Crippen LogP contribution in [0.25, 0.3) is 0 Å². The van der Waals surface area contributed by atoms with Gasteiger partial charge in [-0.25, -0.2) is 0 Å². The highest BCUT2D eigenvalue weighted by molar-refractivity contribution is 6.30. The van der Waals surface area contributed by atoms with Gasteiger partial charge in [-0.05, 0) is 41.8 Å². The zero-order valence-electron chi connectivity index (χ0n) is 13.5. The summed E-state index contributed by atoms with van der Waals surface area (Å²) in [5.74, 6) is 0.616. The van der Waals surface area contributed by atoms with Crippen molar-refractivity contribution in [2.45, 2.75) is 32.6 Å². The molecule has 0 aliphatic carbocycles. The van der Waals surface area contributed by atoms with Crippen LogP contribution in [0.5, 0.6) is 5.75 Å². The number of carbonyl (C=O) groups excluding carboxylic acids is 1. The smallest absolute Gasteiger partial charge is 0.261 e. The molecule has 1 heterocycles. The van der Waals surface area contributed by atoms with Gasteiger partial charge in [0.15, 0.2) is 6.10 Å². The fourth-order valence-electron chi connectivity index (χ4n) is 2.74. The quantitative estimate of drug-likeness (QED) is 0.871. The molecule has 3 rings (SSSR count). The number of halogens is 1. The lowest BCUT2D eigenvalue weighted by atomic mass is 10.1. The topological polar surface area (TPSA) is 47.6 Å². The van der Waals surface area contributed by atoms with Crippen molar-refractivity contribution in [2.24, 2.45) is 0 Å². The van der Waals surface area contributed by atoms with Crippen LogP contribution in [0.4, 0.5) is 0 Å². The van der Waals surface area contributed by atoms with Gasteiger partial charge in [0.1, 0.15) is 5.75 Å². The van der Waals surface area contributed by atoms with E-state index in [4.69, 9.17) is 21.1 Å². The summed E-state index contributed by atoms with van der Waals surface area (Å²) in [6, 6.07) is 13.4. The monoisotopic (exact) mass is 345 g/mol. The first-order valence-electron chi connectivity index (χ1n) is 8.04. The molecule has 0 saturated heterocycles. The van der Waals surface area contributed by atoms with Crippen molar-refractivity contribution < 1.29 is 14.3 Å². The van der Waals surface area contributed by atoms with Crippen molar-refractivity contribution in [1.82, 2.24) is 5.32 Å². The molecule has 4 nitrogen and oxygen atoms in total. The number of amides is 1. The van der Waals surface area contributed by atoms with E-state index in [-0.39, 0.29) is 5.91 Å². The molecule has 0 saturated carbocycles. The first kappa shape index (κ1) is 16.8. The average molecular weight is 346 g/mol. The summed E-state index contributed by atoms with van der Waals surface area (Å²) >= 11 is 5.98. The Hall–Kier alpha value is -2.04. The summed E-state index contributed by atoms with van der Waals surface area (Å²) in [7, 11) is 0. The Bertz CT molecular complexity index is 732. The lowest BCUT2D eigenvalue weighted by Crippen LogP contribution is -2.37. The number of hydrogen-bond donors (Lipinski definition) is 1. The highest BCUT2D eigenvalue weighted by atomic mass is 35.5. The van der Waals surface area contributed by atoms with Gasteiger partial charge in [-0.2, -0.15) is 0 Å². The van der Waals surface area contributed by atoms with Crippen LogP contribution in [-0.4, -0.2) is 18.6 Å². The molecule has 24 heavy (non-hydrogen) atoms. The van der Waals surface area contributed by atoms with E-state index in [1.54, 1.807) is 6.07 Å². The van der Waals surface area contributed by atoms with Crippen LogP contribution < -0.4 is 10.1 Å². The minimum atomic E-state index is -0.502. The number of nitrogens with one attached hydrogen (secondary N) is 1. The molecule has 1 N–H and O–H groups in total. The maximum atomic E-state index is 12.4. The Balaban J connectivity index is 1.59. The molecule has 0 bridgehead atoms. The molecule has 1 aliphatic rings. The van der Waals surface area contributed by atoms with E-state index in [2.05, 4.69) is 5.32 Å². The molecule has 2 aromatic carbocycles. The molecular formula is C19H20ClNO3. The fraction of sp³-hybridized carbons (Fsp3) is 0.316. The average Bonchev–Trinajstić information content (AvgIpc) is 3.01. The molecule has 5 heteroatoms. The van der Waals surface area contributed by atoms with Gasteiger partial charge in [-0.1, -0.05) is 35.9 Å². The number of benzene rings is 2. The molecule has 2 aromatic rings. The predicted molar refractivity (Wildman–Crippen MR) is 93.2 cm³/mol. The van der Waals surface area contributed by atoms with Gasteiger partial charge in [0.05, 0.1) is 6.61 Å². The van der Waals surface area contributed by atoms with E-state index in [0.29, 0.717) is 31.2 Å². The highest BCUT2D eigenvalue weighted by Crippen LogP contribution is 2.31. The molecule has 126 valence electrons. The van der Waals surface area contributed by atoms with Gasteiger partial charge in [0.2, 0.25) is 0 Å². The zero-order chi connectivity index (χ0) is 16.9. The molecule has 1 aliphatic heterocycles. The van der Waals surface area contributed by atoms with Crippen LogP contribution in [0, 0.1) is 0 Å². The third kappa shape index (κ3) is 3.89. The largest absolute Gasteiger partial charge is 0.480 e. The van der Waals surface area contributed by atoms with E-state index in [1.165, 1.54) is 0 Å². The Kier molecular flexibility index (Phi) is 5.38. The Morgan fingerprint density at radius 3 is 2.88 bits per heavy atom. The summed E-state index contributed by atoms with van der Waals surface area (Å²) in [6.45, 7) is 3.63. The third-order valence-corrected chi connectivity index (χ3v) is 4.26. The minimum absolute atomic E-state index is 0.117. The number of ether oxygens (including phenoxy) is 2. The Morgan fingerprint density at radius 2 is 2.08 bits per heavy atom. The Labute approximate surface area is 146 Å². The summed E-state index contributed by atoms with van der Waals surface area (Å²) in [4.78, 5) is 12.4. The first-order valence-corrected chi connectivity index (χ1v) is 8.42. The van der Waals surface area contributed by atoms with Crippen LogP contribution >= 0.6 is 11.6 Å². The Morgan fingerprint density at radius 1 is 1.29 bits per heavy atom. The molecule has 0 aromatic heterocycles. The molecule has 0 fully saturated rings. The van der Waals surface area contributed by atoms with Crippen molar-refractivity contribution in [3.63, 3.8) is 0 Å². The van der Waals surface area contributed by atoms with Crippen molar-refractivity contribution in [3.8, 4) is 5.75 Å². The summed E-state index contributed by atoms with van der Waals surface area (Å²) in [5.41, 5.74) is 3.11. The van der Waals surface area contributed by atoms with Crippen LogP contribution in [0.3, 0.4) is 0 Å². The van der Waals surface area contributed by atoms with Gasteiger partial charge in [-0.15, -0.1) is 0 Å². The van der Waals surface area contributed by atoms with Crippen LogP contribution in [0.2, 0.25) is 5.02 Å². The second-order valence-electron chi connectivity index (χ2n) is 5.69. The molecule has 1 atom stereocenters. The van der Waals surface area contributed by atoms with Crippen molar-refractivity contribution in [3.05, 3.63) is 64.2 Å². The van der Waals surface area contributed by atoms with E-state index in [9.17, 15) is 4.79 Å². The van der Waals surface area contributed by atoms with Crippen LogP contribution in [-0.2, 0) is 29.1 Å². The van der Waals surface area contributed by atoms with Crippen LogP contribution in [0.15, 0.2) is 42.5 Å². The van der Waals surface area contributed by atoms with Gasteiger partial charge in [0.25, 0.3) is 5.91 Å². The van der Waals surface area contributed by atoms with Gasteiger partial charge >= 0.3 is 0 Å². The number of carbonyl (C=O) groups is 1. The minimum Gasteiger partial charge on any atom is -0.480 e. The standard InChI is InChI=1S/C19H20ClNO3/c1-2-23-12-14-6-4-3-5-13(14)11-21-19(22)18-10-15-9-16(20)7-8-17(15)24-18/h3-9,18H,2,10-12H2,1H3,(H,21,22)/t18-/m0/s1. The lowest BCUT2D eigenvalue weighted by Gasteiger charge is -2.13. The maximum absolute atomic E-state index is 12.4. The van der Waals surface area contributed by atoms with Crippen molar-refractivity contribution in [2.75, 3.05) is 6.61 Å². The number of fused-ring (bicyclic) bond motifs is 1. The molecule has 1 amide bonds. The molecular weight excluding hydrogens is 326 g/mol. The number of hydrogen-bond acceptors (Lipinski definition) is 3. The van der Waals surface area contributed by atoms with E-state index in [1.807, 2.05) is 43.3 Å². The second-order valence-corrected chi connectivity index (χ2v) is 6.12. The normalized spacial score (nSPS) is 15.7. The summed E-state index contributed by atoms with van der Waals surface area (Å²) in [6.07, 6.45) is 0.0417. The van der Waals surface area contributed by atoms with Gasteiger partial charge < -0.3 is 14.8 Å². The van der Waals surface area contributed by atoms with E-state index < -0.39 is 6.10 Å². The predicted octanol–water partition coefficient (Wildman–Crippen LogP) is 3.50. The van der Waals surface area contributed by atoms with E-state index in [0.717, 1.165) is 22.4 Å². The molecule has 0 spiro atoms. The molecule has 0 radical (unpaired) electrons. The van der Waals surface area contributed by atoms with Gasteiger partial charge in [0, 0.05) is 24.6 Å². The first-order chi connectivity index (χ1) is 11.7. The van der Waals surface area contributed by atoms with Crippen molar-refractivity contribution in [1.29, 1.82) is 0 Å². The highest BCUT2D eigenvalue weighted by Gasteiger charge is 2.29. The summed E-state index contributed by atoms with van der Waals surface area (Å²) < 4.78 is 11.2. The summed E-state index contributed by atoms with van der Waals surface area (Å²) in [5, 5.41) is 3.61. The third-order valence-electron chi connectivity index (χ3n) is 4.02. The van der Waals surface area contributed by atoms with Crippen molar-refractivity contribution >= 4 is 17.5 Å². The second kappa shape index (κ2) is 7.69. The SMILES string of the molecule is CCOCc1ccccc1CNC(=O)[C@@H]1Cc2cc(Cl)ccc2O1. The van der Waals surface area contributed by atoms with Gasteiger partial charge in [-0.3, -0.25) is 4.79 Å². The lowest BCUT2D eigenvalue weighted by molar-refractivity contribution is -0.127. The number of rotatable bonds is 6. The fourth-order valence-corrected chi connectivity index (χ4v) is 2.94. The molecule has 0 unspecified atom stereocenters. The maximum Gasteiger partial charge on any atom is 0.261 e. The van der Waals surface area contributed by atoms with E-state index >= 15 is 0 Å².